The SMILES string of the molecule is NC(N)=NCCCc1cn([C@H]2C[C@H](O)[C@@H](COP(=O)(O)OP(=O)(O)OP(=O)(O)O)O2)c(=O)[nH]c1=O. The largest absolute Gasteiger partial charge is 0.490 e. The molecule has 1 aromatic rings. The number of hydrogen-bond acceptors (Lipinski definition) is 11. The average molecular weight is 567 g/mol. The number of aromatic amines is 1. The number of aliphatic hydroxyl groups excluding tert-OH is 1. The molecule has 10 N–H and O–H groups in total. The summed E-state index contributed by atoms with van der Waals surface area (Å²) in [5, 5.41) is 10.2. The van der Waals surface area contributed by atoms with Gasteiger partial charge < -0.3 is 40.9 Å². The predicted octanol–water partition coefficient (Wildman–Crippen LogP) is -2.27. The number of nitrogens with two attached hydrogens (primary N) is 2. The molecule has 2 unspecified atom stereocenters. The smallest absolute Gasteiger partial charge is 0.390 e. The lowest BCUT2D eigenvalue weighted by Gasteiger charge is -2.19. The summed E-state index contributed by atoms with van der Waals surface area (Å²) in [5.41, 5.74) is 9.10. The Morgan fingerprint density at radius 2 is 1.83 bits per heavy atom. The summed E-state index contributed by atoms with van der Waals surface area (Å²) in [6.45, 7) is -0.687. The molecular formula is C13H24N5O14P3. The van der Waals surface area contributed by atoms with Gasteiger partial charge in [-0.2, -0.15) is 8.62 Å². The van der Waals surface area contributed by atoms with Crippen LogP contribution in [-0.4, -0.2) is 65.6 Å². The molecule has 5 atom stereocenters. The number of aliphatic imine (C=N–C) groups is 1. The van der Waals surface area contributed by atoms with Crippen molar-refractivity contribution in [1.82, 2.24) is 9.55 Å². The Morgan fingerprint density at radius 3 is 2.43 bits per heavy atom. The van der Waals surface area contributed by atoms with Crippen LogP contribution in [0.1, 0.15) is 24.6 Å². The monoisotopic (exact) mass is 567 g/mol. The van der Waals surface area contributed by atoms with E-state index in [0.717, 1.165) is 4.57 Å². The van der Waals surface area contributed by atoms with E-state index in [1.54, 1.807) is 0 Å². The van der Waals surface area contributed by atoms with Gasteiger partial charge in [0, 0.05) is 24.7 Å². The number of rotatable bonds is 12. The molecule has 1 aliphatic heterocycles. The van der Waals surface area contributed by atoms with Gasteiger partial charge in [0.25, 0.3) is 5.56 Å². The van der Waals surface area contributed by atoms with Gasteiger partial charge in [-0.1, -0.05) is 0 Å². The van der Waals surface area contributed by atoms with Crippen molar-refractivity contribution in [2.45, 2.75) is 37.7 Å². The highest BCUT2D eigenvalue weighted by Gasteiger charge is 2.43. The molecule has 0 radical (unpaired) electrons. The van der Waals surface area contributed by atoms with Crippen molar-refractivity contribution in [3.05, 3.63) is 32.6 Å². The number of aromatic nitrogens is 2. The standard InChI is InChI=1S/C13H24N5O14P3/c14-12(15)16-3-1-2-7-5-18(13(21)17-11(7)20)10-4-8(19)9(30-10)6-29-34(25,26)32-35(27,28)31-33(22,23)24/h5,8-10,19H,1-4,6H2,(H,25,26)(H,27,28)(H4,14,15,16)(H,17,20,21)(H2,22,23,24)/t8-,9+,10+/m0/s1. The van der Waals surface area contributed by atoms with Gasteiger partial charge in [0.15, 0.2) is 5.96 Å². The van der Waals surface area contributed by atoms with E-state index in [4.69, 9.17) is 30.9 Å². The van der Waals surface area contributed by atoms with E-state index in [1.165, 1.54) is 6.20 Å². The lowest BCUT2D eigenvalue weighted by molar-refractivity contribution is -0.0450. The van der Waals surface area contributed by atoms with Crippen LogP contribution in [0.4, 0.5) is 0 Å². The molecule has 0 aliphatic carbocycles. The molecule has 0 bridgehead atoms. The molecule has 19 nitrogen and oxygen atoms in total. The van der Waals surface area contributed by atoms with Crippen molar-refractivity contribution in [3.8, 4) is 0 Å². The van der Waals surface area contributed by atoms with Gasteiger partial charge in [-0.05, 0) is 12.8 Å². The minimum Gasteiger partial charge on any atom is -0.390 e. The summed E-state index contributed by atoms with van der Waals surface area (Å²) in [6, 6.07) is 0. The van der Waals surface area contributed by atoms with E-state index in [0.29, 0.717) is 6.42 Å². The Morgan fingerprint density at radius 1 is 1.17 bits per heavy atom. The number of phosphoric ester groups is 1. The van der Waals surface area contributed by atoms with Gasteiger partial charge in [0.2, 0.25) is 0 Å². The fraction of sp³-hybridized carbons (Fsp3) is 0.615. The molecule has 200 valence electrons. The number of hydrogen-bond donors (Lipinski definition) is 8. The van der Waals surface area contributed by atoms with Crippen LogP contribution in [0.3, 0.4) is 0 Å². The van der Waals surface area contributed by atoms with Crippen molar-refractivity contribution in [2.24, 2.45) is 16.5 Å². The first-order valence-electron chi connectivity index (χ1n) is 9.49. The maximum atomic E-state index is 12.2. The number of aliphatic hydroxyl groups is 1. The third-order valence-corrected chi connectivity index (χ3v) is 8.08. The molecule has 1 saturated heterocycles. The van der Waals surface area contributed by atoms with E-state index in [9.17, 15) is 33.3 Å². The van der Waals surface area contributed by atoms with Crippen LogP contribution in [0.5, 0.6) is 0 Å². The topological polar surface area (TPSA) is 309 Å². The molecular weight excluding hydrogens is 543 g/mol. The summed E-state index contributed by atoms with van der Waals surface area (Å²) in [6.07, 6.45) is -2.30. The normalized spacial score (nSPS) is 24.0. The molecule has 22 heteroatoms. The summed E-state index contributed by atoms with van der Waals surface area (Å²) in [7, 11) is -16.7. The number of nitrogens with one attached hydrogen (secondary N) is 1. The summed E-state index contributed by atoms with van der Waals surface area (Å²) in [4.78, 5) is 65.8. The number of aryl methyl sites for hydroxylation is 1. The van der Waals surface area contributed by atoms with Crippen LogP contribution < -0.4 is 22.7 Å². The quantitative estimate of drug-likeness (QED) is 0.0571. The fourth-order valence-electron chi connectivity index (χ4n) is 2.90. The zero-order chi connectivity index (χ0) is 26.6. The average Bonchev–Trinajstić information content (AvgIpc) is 3.02. The van der Waals surface area contributed by atoms with Gasteiger partial charge in [0.05, 0.1) is 12.7 Å². The minimum atomic E-state index is -5.71. The molecule has 1 fully saturated rings. The minimum absolute atomic E-state index is 0.126. The van der Waals surface area contributed by atoms with Crippen molar-refractivity contribution in [1.29, 1.82) is 0 Å². The molecule has 0 amide bonds. The zero-order valence-electron chi connectivity index (χ0n) is 17.6. The molecule has 0 aromatic carbocycles. The maximum Gasteiger partial charge on any atom is 0.490 e. The second-order valence-electron chi connectivity index (χ2n) is 7.05. The Kier molecular flexibility index (Phi) is 9.74. The van der Waals surface area contributed by atoms with E-state index in [1.807, 2.05) is 0 Å². The number of ether oxygens (including phenoxy) is 1. The van der Waals surface area contributed by atoms with E-state index < -0.39 is 59.8 Å². The zero-order valence-corrected chi connectivity index (χ0v) is 20.3. The van der Waals surface area contributed by atoms with E-state index in [-0.39, 0.29) is 30.9 Å². The van der Waals surface area contributed by atoms with Crippen molar-refractivity contribution >= 4 is 29.4 Å². The van der Waals surface area contributed by atoms with Gasteiger partial charge in [0.1, 0.15) is 12.3 Å². The summed E-state index contributed by atoms with van der Waals surface area (Å²) < 4.78 is 51.8. The van der Waals surface area contributed by atoms with E-state index >= 15 is 0 Å². The number of phosphoric acid groups is 3. The highest BCUT2D eigenvalue weighted by Crippen LogP contribution is 2.66. The second-order valence-corrected chi connectivity index (χ2v) is 11.5. The van der Waals surface area contributed by atoms with Gasteiger partial charge >= 0.3 is 29.2 Å². The Labute approximate surface area is 195 Å². The lowest BCUT2D eigenvalue weighted by Crippen LogP contribution is -2.34. The molecule has 2 rings (SSSR count). The maximum absolute atomic E-state index is 12.2. The molecule has 1 aliphatic rings. The highest BCUT2D eigenvalue weighted by molar-refractivity contribution is 7.66. The number of nitrogens with zero attached hydrogens (tertiary/aromatic N) is 2. The highest BCUT2D eigenvalue weighted by atomic mass is 31.3. The van der Waals surface area contributed by atoms with Crippen LogP contribution in [0.2, 0.25) is 0 Å². The third-order valence-electron chi connectivity index (χ3n) is 4.27. The van der Waals surface area contributed by atoms with Crippen LogP contribution in [-0.2, 0) is 38.0 Å². The number of H-pyrrole nitrogens is 1. The Balaban J connectivity index is 2.05. The molecule has 1 aromatic heterocycles. The first-order chi connectivity index (χ1) is 16.0. The third kappa shape index (κ3) is 9.69. The Bertz CT molecular complexity index is 1190. The van der Waals surface area contributed by atoms with Crippen molar-refractivity contribution in [2.75, 3.05) is 13.2 Å². The van der Waals surface area contributed by atoms with Crippen LogP contribution in [0.25, 0.3) is 0 Å². The van der Waals surface area contributed by atoms with Crippen molar-refractivity contribution < 1.29 is 56.3 Å². The second kappa shape index (κ2) is 11.6. The van der Waals surface area contributed by atoms with Crippen LogP contribution in [0.15, 0.2) is 20.8 Å². The van der Waals surface area contributed by atoms with E-state index in [2.05, 4.69) is 23.1 Å². The van der Waals surface area contributed by atoms with Gasteiger partial charge in [-0.25, -0.2) is 18.5 Å². The van der Waals surface area contributed by atoms with Gasteiger partial charge in [-0.15, -0.1) is 0 Å². The van der Waals surface area contributed by atoms with Gasteiger partial charge in [-0.3, -0.25) is 23.9 Å². The van der Waals surface area contributed by atoms with Crippen molar-refractivity contribution in [3.63, 3.8) is 0 Å². The fourth-order valence-corrected chi connectivity index (χ4v) is 5.93. The first kappa shape index (κ1) is 29.5. The molecule has 2 heterocycles. The first-order valence-corrected chi connectivity index (χ1v) is 14.0. The molecule has 0 saturated carbocycles. The summed E-state index contributed by atoms with van der Waals surface area (Å²) in [5.74, 6) is -0.126. The Hall–Kier alpha value is -1.72. The van der Waals surface area contributed by atoms with Crippen LogP contribution >= 0.6 is 23.5 Å². The molecule has 0 spiro atoms. The summed E-state index contributed by atoms with van der Waals surface area (Å²) >= 11 is 0. The molecule has 35 heavy (non-hydrogen) atoms. The van der Waals surface area contributed by atoms with Crippen LogP contribution in [0, 0.1) is 0 Å². The number of guanidine groups is 1. The lowest BCUT2D eigenvalue weighted by atomic mass is 10.1. The predicted molar refractivity (Wildman–Crippen MR) is 115 cm³/mol.